The van der Waals surface area contributed by atoms with Crippen LogP contribution in [0.2, 0.25) is 0 Å². The Kier molecular flexibility index (Phi) is 2.94. The molecule has 0 atom stereocenters. The van der Waals surface area contributed by atoms with Gasteiger partial charge in [0.1, 0.15) is 5.82 Å². The van der Waals surface area contributed by atoms with Crippen LogP contribution in [0.15, 0.2) is 16.7 Å². The zero-order chi connectivity index (χ0) is 8.97. The van der Waals surface area contributed by atoms with E-state index >= 15 is 0 Å². The maximum Gasteiger partial charge on any atom is 0.141 e. The van der Waals surface area contributed by atoms with Crippen LogP contribution in [0.5, 0.6) is 0 Å². The highest BCUT2D eigenvalue weighted by atomic mass is 79.9. The van der Waals surface area contributed by atoms with E-state index in [-0.39, 0.29) is 0 Å². The Hall–Kier alpha value is -1.21. The number of aromatic nitrogens is 1. The van der Waals surface area contributed by atoms with Gasteiger partial charge in [-0.3, -0.25) is 0 Å². The molecule has 0 spiro atoms. The molecule has 62 valence electrons. The average Bonchev–Trinajstić information content (AvgIpc) is 2.03. The number of hydrogen-bond donors (Lipinski definition) is 2. The minimum atomic E-state index is 0.454. The van der Waals surface area contributed by atoms with Crippen molar-refractivity contribution in [3.8, 4) is 12.3 Å². The summed E-state index contributed by atoms with van der Waals surface area (Å²) < 4.78 is 0.817. The number of halogens is 1. The summed E-state index contributed by atoms with van der Waals surface area (Å²) in [4.78, 5) is 4.04. The molecule has 0 amide bonds. The van der Waals surface area contributed by atoms with Gasteiger partial charge in [-0.05, 0) is 22.0 Å². The fourth-order valence-electron chi connectivity index (χ4n) is 0.718. The van der Waals surface area contributed by atoms with Gasteiger partial charge in [0.2, 0.25) is 0 Å². The maximum absolute atomic E-state index is 5.50. The van der Waals surface area contributed by atoms with Crippen LogP contribution in [0, 0.1) is 12.3 Å². The Balaban J connectivity index is 2.81. The molecule has 3 N–H and O–H groups in total. The topological polar surface area (TPSA) is 50.9 Å². The lowest BCUT2D eigenvalue weighted by Crippen LogP contribution is -2.01. The number of nitrogens with one attached hydrogen (secondary N) is 1. The molecule has 0 saturated carbocycles. The van der Waals surface area contributed by atoms with Crippen LogP contribution >= 0.6 is 15.9 Å². The van der Waals surface area contributed by atoms with Crippen molar-refractivity contribution in [3.63, 3.8) is 0 Å². The number of nitrogens with zero attached hydrogens (tertiary/aromatic N) is 1. The first-order chi connectivity index (χ1) is 5.74. The largest absolute Gasteiger partial charge is 0.397 e. The summed E-state index contributed by atoms with van der Waals surface area (Å²) in [5.74, 6) is 3.17. The lowest BCUT2D eigenvalue weighted by molar-refractivity contribution is 1.23. The summed E-state index contributed by atoms with van der Waals surface area (Å²) in [5, 5.41) is 2.94. The first-order valence-electron chi connectivity index (χ1n) is 3.32. The highest BCUT2D eigenvalue weighted by Gasteiger charge is 1.98. The predicted octanol–water partition coefficient (Wildman–Crippen LogP) is 1.47. The number of pyridine rings is 1. The first-order valence-corrected chi connectivity index (χ1v) is 4.11. The minimum absolute atomic E-state index is 0.454. The first kappa shape index (κ1) is 8.88. The molecule has 3 nitrogen and oxygen atoms in total. The van der Waals surface area contributed by atoms with E-state index in [2.05, 4.69) is 32.2 Å². The Bertz CT molecular complexity index is 317. The van der Waals surface area contributed by atoms with Crippen molar-refractivity contribution in [2.45, 2.75) is 0 Å². The van der Waals surface area contributed by atoms with Crippen LogP contribution in [0.4, 0.5) is 11.5 Å². The lowest BCUT2D eigenvalue weighted by Gasteiger charge is -2.03. The Morgan fingerprint density at radius 3 is 3.08 bits per heavy atom. The monoisotopic (exact) mass is 225 g/mol. The van der Waals surface area contributed by atoms with Crippen molar-refractivity contribution >= 4 is 27.4 Å². The van der Waals surface area contributed by atoms with Crippen molar-refractivity contribution in [2.24, 2.45) is 0 Å². The normalized spacial score (nSPS) is 9.00. The molecule has 1 heterocycles. The molecule has 0 aliphatic heterocycles. The van der Waals surface area contributed by atoms with Crippen molar-refractivity contribution in [2.75, 3.05) is 17.6 Å². The van der Waals surface area contributed by atoms with Gasteiger partial charge < -0.3 is 11.1 Å². The number of terminal acetylenes is 1. The SMILES string of the molecule is C#CCNc1ncc(N)cc1Br. The van der Waals surface area contributed by atoms with E-state index in [0.717, 1.165) is 4.47 Å². The van der Waals surface area contributed by atoms with Crippen LogP contribution in [-0.4, -0.2) is 11.5 Å². The van der Waals surface area contributed by atoms with Crippen LogP contribution in [0.3, 0.4) is 0 Å². The van der Waals surface area contributed by atoms with Crippen molar-refractivity contribution in [1.82, 2.24) is 4.98 Å². The van der Waals surface area contributed by atoms with E-state index < -0.39 is 0 Å². The second kappa shape index (κ2) is 3.98. The summed E-state index contributed by atoms with van der Waals surface area (Å²) in [7, 11) is 0. The fraction of sp³-hybridized carbons (Fsp3) is 0.125. The van der Waals surface area contributed by atoms with Gasteiger partial charge in [0.05, 0.1) is 22.9 Å². The molecule has 12 heavy (non-hydrogen) atoms. The van der Waals surface area contributed by atoms with Gasteiger partial charge in [-0.25, -0.2) is 4.98 Å². The number of nitrogens with two attached hydrogens (primary N) is 1. The molecule has 1 rings (SSSR count). The van der Waals surface area contributed by atoms with E-state index in [9.17, 15) is 0 Å². The van der Waals surface area contributed by atoms with E-state index in [1.165, 1.54) is 0 Å². The molecule has 0 fully saturated rings. The summed E-state index contributed by atoms with van der Waals surface area (Å²) >= 11 is 3.30. The Labute approximate surface area is 79.5 Å². The lowest BCUT2D eigenvalue weighted by atomic mass is 10.4. The highest BCUT2D eigenvalue weighted by Crippen LogP contribution is 2.21. The number of nitrogen functional groups attached to an aromatic ring is 1. The Morgan fingerprint density at radius 2 is 2.50 bits per heavy atom. The second-order valence-corrected chi connectivity index (χ2v) is 3.01. The van der Waals surface area contributed by atoms with Gasteiger partial charge in [0, 0.05) is 0 Å². The van der Waals surface area contributed by atoms with Crippen molar-refractivity contribution < 1.29 is 0 Å². The molecule has 0 aliphatic rings. The van der Waals surface area contributed by atoms with Gasteiger partial charge in [-0.15, -0.1) is 6.42 Å². The molecule has 4 heteroatoms. The second-order valence-electron chi connectivity index (χ2n) is 2.16. The summed E-state index contributed by atoms with van der Waals surface area (Å²) in [6.45, 7) is 0.454. The molecule has 0 aromatic carbocycles. The molecule has 0 saturated heterocycles. The van der Waals surface area contributed by atoms with Gasteiger partial charge in [-0.2, -0.15) is 0 Å². The van der Waals surface area contributed by atoms with Gasteiger partial charge in [-0.1, -0.05) is 5.92 Å². The van der Waals surface area contributed by atoms with Crippen LogP contribution in [0.1, 0.15) is 0 Å². The molecule has 0 unspecified atom stereocenters. The fourth-order valence-corrected chi connectivity index (χ4v) is 1.22. The van der Waals surface area contributed by atoms with E-state index in [4.69, 9.17) is 12.2 Å². The zero-order valence-corrected chi connectivity index (χ0v) is 7.93. The number of anilines is 2. The molecule has 0 bridgehead atoms. The van der Waals surface area contributed by atoms with Gasteiger partial charge in [0.15, 0.2) is 0 Å². The van der Waals surface area contributed by atoms with Crippen molar-refractivity contribution in [3.05, 3.63) is 16.7 Å². The third-order valence-corrected chi connectivity index (χ3v) is 1.82. The molecule has 0 aliphatic carbocycles. The Morgan fingerprint density at radius 1 is 1.75 bits per heavy atom. The van der Waals surface area contributed by atoms with E-state index in [0.29, 0.717) is 18.1 Å². The van der Waals surface area contributed by atoms with Crippen LogP contribution in [0.25, 0.3) is 0 Å². The van der Waals surface area contributed by atoms with Crippen LogP contribution in [-0.2, 0) is 0 Å². The third-order valence-electron chi connectivity index (χ3n) is 1.22. The number of hydrogen-bond acceptors (Lipinski definition) is 3. The van der Waals surface area contributed by atoms with Gasteiger partial charge >= 0.3 is 0 Å². The standard InChI is InChI=1S/C8H8BrN3/c1-2-3-11-8-7(9)4-6(10)5-12-8/h1,4-5H,3,10H2,(H,11,12). The van der Waals surface area contributed by atoms with Crippen LogP contribution < -0.4 is 11.1 Å². The smallest absolute Gasteiger partial charge is 0.141 e. The van der Waals surface area contributed by atoms with E-state index in [1.54, 1.807) is 12.3 Å². The summed E-state index contributed by atoms with van der Waals surface area (Å²) in [6, 6.07) is 1.77. The maximum atomic E-state index is 5.50. The van der Waals surface area contributed by atoms with E-state index in [1.807, 2.05) is 0 Å². The molecular weight excluding hydrogens is 218 g/mol. The molecule has 1 aromatic rings. The quantitative estimate of drug-likeness (QED) is 0.750. The number of rotatable bonds is 2. The molecule has 1 aromatic heterocycles. The summed E-state index contributed by atoms with van der Waals surface area (Å²) in [5.41, 5.74) is 6.11. The highest BCUT2D eigenvalue weighted by molar-refractivity contribution is 9.10. The zero-order valence-electron chi connectivity index (χ0n) is 6.34. The van der Waals surface area contributed by atoms with Gasteiger partial charge in [0.25, 0.3) is 0 Å². The summed E-state index contributed by atoms with van der Waals surface area (Å²) in [6.07, 6.45) is 6.65. The average molecular weight is 226 g/mol. The van der Waals surface area contributed by atoms with Crippen molar-refractivity contribution in [1.29, 1.82) is 0 Å². The predicted molar refractivity (Wildman–Crippen MR) is 53.7 cm³/mol. The third kappa shape index (κ3) is 2.14. The molecular formula is C8H8BrN3. The minimum Gasteiger partial charge on any atom is -0.397 e. The molecule has 0 radical (unpaired) electrons.